The first kappa shape index (κ1) is 16.4. The molecule has 6 nitrogen and oxygen atoms in total. The van der Waals surface area contributed by atoms with Gasteiger partial charge in [-0.3, -0.25) is 14.4 Å². The highest BCUT2D eigenvalue weighted by atomic mass is 19.1. The summed E-state index contributed by atoms with van der Waals surface area (Å²) in [6.07, 6.45) is 4.42. The number of aromatic nitrogens is 2. The van der Waals surface area contributed by atoms with Crippen LogP contribution in [0.4, 0.5) is 4.39 Å². The highest BCUT2D eigenvalue weighted by Gasteiger charge is 2.44. The van der Waals surface area contributed by atoms with E-state index in [0.29, 0.717) is 39.4 Å². The number of hydrogen-bond donors (Lipinski definition) is 0. The fourth-order valence-corrected chi connectivity index (χ4v) is 3.25. The number of amides is 1. The summed E-state index contributed by atoms with van der Waals surface area (Å²) in [6, 6.07) is 0. The number of aryl methyl sites for hydroxylation is 1. The smallest absolute Gasteiger partial charge is 0.260 e. The first-order valence-electron chi connectivity index (χ1n) is 8.40. The van der Waals surface area contributed by atoms with Gasteiger partial charge in [0.1, 0.15) is 0 Å². The van der Waals surface area contributed by atoms with E-state index in [2.05, 4.69) is 10.00 Å². The van der Waals surface area contributed by atoms with Gasteiger partial charge < -0.3 is 9.64 Å². The zero-order valence-electron chi connectivity index (χ0n) is 13.7. The molecule has 128 valence electrons. The van der Waals surface area contributed by atoms with E-state index in [1.807, 2.05) is 24.0 Å². The molecule has 2 saturated heterocycles. The zero-order chi connectivity index (χ0) is 16.3. The van der Waals surface area contributed by atoms with Crippen molar-refractivity contribution in [2.24, 2.45) is 0 Å². The van der Waals surface area contributed by atoms with Gasteiger partial charge in [-0.15, -0.1) is 0 Å². The summed E-state index contributed by atoms with van der Waals surface area (Å²) in [5.41, 5.74) is -0.570. The first-order valence-corrected chi connectivity index (χ1v) is 8.40. The van der Waals surface area contributed by atoms with Crippen molar-refractivity contribution in [2.75, 3.05) is 39.4 Å². The third-order valence-electron chi connectivity index (χ3n) is 4.75. The molecule has 0 radical (unpaired) electrons. The fraction of sp³-hybridized carbons (Fsp3) is 0.750. The second-order valence-electron chi connectivity index (χ2n) is 6.35. The minimum Gasteiger partial charge on any atom is -0.378 e. The van der Waals surface area contributed by atoms with Gasteiger partial charge in [0, 0.05) is 63.9 Å². The third kappa shape index (κ3) is 3.72. The molecule has 2 aliphatic heterocycles. The predicted octanol–water partition coefficient (Wildman–Crippen LogP) is 1.07. The lowest BCUT2D eigenvalue weighted by Gasteiger charge is -2.39. The first-order chi connectivity index (χ1) is 11.1. The van der Waals surface area contributed by atoms with Crippen LogP contribution in [-0.2, 0) is 22.6 Å². The van der Waals surface area contributed by atoms with Crippen LogP contribution in [0.25, 0.3) is 0 Å². The van der Waals surface area contributed by atoms with Crippen LogP contribution in [0.5, 0.6) is 0 Å². The number of ether oxygens (including phenoxy) is 1. The molecule has 1 aromatic heterocycles. The van der Waals surface area contributed by atoms with E-state index in [4.69, 9.17) is 4.74 Å². The Hall–Kier alpha value is -1.47. The summed E-state index contributed by atoms with van der Waals surface area (Å²) in [4.78, 5) is 16.3. The van der Waals surface area contributed by atoms with Gasteiger partial charge in [-0.2, -0.15) is 5.10 Å². The molecular weight excluding hydrogens is 299 g/mol. The molecule has 7 heteroatoms. The quantitative estimate of drug-likeness (QED) is 0.831. The summed E-state index contributed by atoms with van der Waals surface area (Å²) < 4.78 is 22.2. The number of nitrogens with zero attached hydrogens (tertiary/aromatic N) is 4. The number of carbonyl (C=O) groups is 1. The molecule has 1 amide bonds. The fourth-order valence-electron chi connectivity index (χ4n) is 3.25. The van der Waals surface area contributed by atoms with E-state index >= 15 is 4.39 Å². The molecule has 0 N–H and O–H groups in total. The molecule has 0 spiro atoms. The number of hydrogen-bond acceptors (Lipinski definition) is 4. The molecule has 3 heterocycles. The van der Waals surface area contributed by atoms with Gasteiger partial charge in [0.05, 0.1) is 19.4 Å². The van der Waals surface area contributed by atoms with Gasteiger partial charge >= 0.3 is 0 Å². The average Bonchev–Trinajstić information content (AvgIpc) is 3.05. The maximum Gasteiger partial charge on any atom is 0.260 e. The Bertz CT molecular complexity index is 534. The van der Waals surface area contributed by atoms with E-state index in [0.717, 1.165) is 18.7 Å². The predicted molar refractivity (Wildman–Crippen MR) is 83.7 cm³/mol. The summed E-state index contributed by atoms with van der Waals surface area (Å²) in [5.74, 6) is -0.348. The summed E-state index contributed by atoms with van der Waals surface area (Å²) in [7, 11) is 0. The van der Waals surface area contributed by atoms with Crippen LogP contribution in [0, 0.1) is 0 Å². The van der Waals surface area contributed by atoms with Gasteiger partial charge in [0.25, 0.3) is 5.91 Å². The van der Waals surface area contributed by atoms with E-state index < -0.39 is 5.67 Å². The third-order valence-corrected chi connectivity index (χ3v) is 4.75. The Kier molecular flexibility index (Phi) is 4.96. The van der Waals surface area contributed by atoms with Gasteiger partial charge in [0.2, 0.25) is 0 Å². The van der Waals surface area contributed by atoms with Crippen molar-refractivity contribution in [3.63, 3.8) is 0 Å². The lowest BCUT2D eigenvalue weighted by molar-refractivity contribution is -0.151. The van der Waals surface area contributed by atoms with Crippen LogP contribution < -0.4 is 0 Å². The largest absolute Gasteiger partial charge is 0.378 e. The average molecular weight is 324 g/mol. The van der Waals surface area contributed by atoms with Gasteiger partial charge in [0.15, 0.2) is 5.67 Å². The van der Waals surface area contributed by atoms with Crippen LogP contribution in [0.2, 0.25) is 0 Å². The molecular formula is C16H25FN4O2. The Morgan fingerprint density at radius 2 is 2.00 bits per heavy atom. The number of likely N-dealkylation sites (tertiary alicyclic amines) is 1. The van der Waals surface area contributed by atoms with Gasteiger partial charge in [-0.25, -0.2) is 4.39 Å². The Balaban J connectivity index is 1.53. The van der Waals surface area contributed by atoms with Crippen LogP contribution in [0.3, 0.4) is 0 Å². The van der Waals surface area contributed by atoms with Crippen molar-refractivity contribution < 1.29 is 13.9 Å². The Labute approximate surface area is 136 Å². The number of carbonyl (C=O) groups excluding carboxylic acids is 1. The minimum absolute atomic E-state index is 0.269. The van der Waals surface area contributed by atoms with E-state index in [1.54, 1.807) is 4.90 Å². The molecule has 1 aromatic rings. The number of halogens is 1. The minimum atomic E-state index is -1.71. The highest BCUT2D eigenvalue weighted by molar-refractivity contribution is 5.85. The highest BCUT2D eigenvalue weighted by Crippen LogP contribution is 2.29. The van der Waals surface area contributed by atoms with Crippen molar-refractivity contribution in [3.05, 3.63) is 18.0 Å². The monoisotopic (exact) mass is 324 g/mol. The van der Waals surface area contributed by atoms with E-state index in [1.165, 1.54) is 0 Å². The van der Waals surface area contributed by atoms with Crippen LogP contribution in [0.1, 0.15) is 25.3 Å². The number of alkyl halides is 1. The van der Waals surface area contributed by atoms with Crippen molar-refractivity contribution in [3.8, 4) is 0 Å². The second kappa shape index (κ2) is 6.97. The van der Waals surface area contributed by atoms with E-state index in [-0.39, 0.29) is 18.7 Å². The summed E-state index contributed by atoms with van der Waals surface area (Å²) in [5, 5.41) is 4.26. The maximum atomic E-state index is 15.0. The molecule has 0 bridgehead atoms. The normalized spacial score (nSPS) is 22.3. The number of morpholine rings is 1. The van der Waals surface area contributed by atoms with E-state index in [9.17, 15) is 4.79 Å². The van der Waals surface area contributed by atoms with Gasteiger partial charge in [-0.1, -0.05) is 0 Å². The lowest BCUT2D eigenvalue weighted by Crippen LogP contribution is -2.54. The van der Waals surface area contributed by atoms with Crippen LogP contribution in [-0.4, -0.2) is 70.5 Å². The molecule has 23 heavy (non-hydrogen) atoms. The Morgan fingerprint density at radius 1 is 1.30 bits per heavy atom. The molecule has 2 fully saturated rings. The molecule has 3 rings (SSSR count). The molecule has 0 aromatic carbocycles. The molecule has 0 unspecified atom stereocenters. The SMILES string of the molecule is CCn1cc(CN2CCC(F)(C(=O)N3CCOCC3)CC2)cn1. The number of piperidine rings is 1. The lowest BCUT2D eigenvalue weighted by atomic mass is 9.91. The summed E-state index contributed by atoms with van der Waals surface area (Å²) >= 11 is 0. The number of rotatable bonds is 4. The second-order valence-corrected chi connectivity index (χ2v) is 6.35. The van der Waals surface area contributed by atoms with Crippen molar-refractivity contribution in [1.29, 1.82) is 0 Å². The molecule has 0 atom stereocenters. The zero-order valence-corrected chi connectivity index (χ0v) is 13.7. The van der Waals surface area contributed by atoms with Crippen molar-refractivity contribution in [1.82, 2.24) is 19.6 Å². The van der Waals surface area contributed by atoms with Gasteiger partial charge in [-0.05, 0) is 6.92 Å². The maximum absolute atomic E-state index is 15.0. The topological polar surface area (TPSA) is 50.6 Å². The standard InChI is InChI=1S/C16H25FN4O2/c1-2-21-13-14(11-18-21)12-19-5-3-16(17,4-6-19)15(22)20-7-9-23-10-8-20/h11,13H,2-10,12H2,1H3. The molecule has 0 saturated carbocycles. The van der Waals surface area contributed by atoms with Crippen molar-refractivity contribution >= 4 is 5.91 Å². The summed E-state index contributed by atoms with van der Waals surface area (Å²) in [6.45, 7) is 6.89. The van der Waals surface area contributed by atoms with Crippen LogP contribution >= 0.6 is 0 Å². The molecule has 0 aliphatic carbocycles. The van der Waals surface area contributed by atoms with Crippen molar-refractivity contribution in [2.45, 2.75) is 38.5 Å². The van der Waals surface area contributed by atoms with Crippen LogP contribution in [0.15, 0.2) is 12.4 Å². The molecule has 2 aliphatic rings. The Morgan fingerprint density at radius 3 is 2.61 bits per heavy atom.